The molecule has 3 heteroatoms. The average molecular weight is 299 g/mol. The number of ether oxygens (including phenoxy) is 1. The van der Waals surface area contributed by atoms with Gasteiger partial charge in [0, 0.05) is 25.2 Å². The number of hydrogen-bond donors (Lipinski definition) is 1. The molecule has 0 spiro atoms. The number of methoxy groups -OCH3 is 1. The fraction of sp³-hybridized carbons (Fsp3) is 1.00. The zero-order valence-electron chi connectivity index (χ0n) is 15.4. The fourth-order valence-corrected chi connectivity index (χ4v) is 3.64. The maximum Gasteiger partial charge on any atom is 0.0615 e. The van der Waals surface area contributed by atoms with Crippen LogP contribution in [0.4, 0.5) is 0 Å². The molecular formula is C18H38N2O. The molecule has 0 bridgehead atoms. The van der Waals surface area contributed by atoms with Crippen molar-refractivity contribution >= 4 is 0 Å². The largest absolute Gasteiger partial charge is 0.383 e. The van der Waals surface area contributed by atoms with Gasteiger partial charge in [0.1, 0.15) is 0 Å². The van der Waals surface area contributed by atoms with Crippen molar-refractivity contribution in [1.82, 2.24) is 10.2 Å². The molecule has 0 aliphatic heterocycles. The lowest BCUT2D eigenvalue weighted by atomic mass is 9.69. The monoisotopic (exact) mass is 298 g/mol. The van der Waals surface area contributed by atoms with Crippen LogP contribution in [-0.4, -0.2) is 50.3 Å². The minimum absolute atomic E-state index is 0.416. The number of hydrogen-bond acceptors (Lipinski definition) is 3. The van der Waals surface area contributed by atoms with Crippen LogP contribution in [0.5, 0.6) is 0 Å². The molecule has 1 aliphatic carbocycles. The zero-order valence-corrected chi connectivity index (χ0v) is 15.4. The molecule has 21 heavy (non-hydrogen) atoms. The highest BCUT2D eigenvalue weighted by atomic mass is 16.5. The van der Waals surface area contributed by atoms with Gasteiger partial charge in [-0.05, 0) is 57.5 Å². The molecule has 0 amide bonds. The summed E-state index contributed by atoms with van der Waals surface area (Å²) in [5, 5.41) is 3.79. The van der Waals surface area contributed by atoms with Crippen molar-refractivity contribution in [1.29, 1.82) is 0 Å². The maximum atomic E-state index is 5.36. The summed E-state index contributed by atoms with van der Waals surface area (Å²) in [5.41, 5.74) is 0.416. The summed E-state index contributed by atoms with van der Waals surface area (Å²) < 4.78 is 5.36. The van der Waals surface area contributed by atoms with Gasteiger partial charge in [-0.25, -0.2) is 0 Å². The van der Waals surface area contributed by atoms with Crippen LogP contribution in [0.2, 0.25) is 0 Å². The molecule has 1 N–H and O–H groups in total. The second kappa shape index (κ2) is 8.50. The van der Waals surface area contributed by atoms with Gasteiger partial charge in [0.2, 0.25) is 0 Å². The third-order valence-corrected chi connectivity index (χ3v) is 5.32. The van der Waals surface area contributed by atoms with Crippen LogP contribution < -0.4 is 5.32 Å². The van der Waals surface area contributed by atoms with E-state index in [0.29, 0.717) is 23.5 Å². The van der Waals surface area contributed by atoms with Crippen molar-refractivity contribution in [3.05, 3.63) is 0 Å². The standard InChI is InChI=1S/C18H38N2O/c1-8-11-19-16-10-9-15(18(3,4)5)12-17(16)20(6)14(2)13-21-7/h14-17,19H,8-13H2,1-7H3. The summed E-state index contributed by atoms with van der Waals surface area (Å²) in [5.74, 6) is 0.819. The van der Waals surface area contributed by atoms with Crippen molar-refractivity contribution in [3.63, 3.8) is 0 Å². The second-order valence-corrected chi connectivity index (χ2v) is 7.97. The van der Waals surface area contributed by atoms with Crippen LogP contribution in [0.25, 0.3) is 0 Å². The lowest BCUT2D eigenvalue weighted by Crippen LogP contribution is -2.56. The Morgan fingerprint density at radius 2 is 1.95 bits per heavy atom. The molecule has 0 saturated heterocycles. The molecule has 1 aliphatic rings. The summed E-state index contributed by atoms with van der Waals surface area (Å²) >= 11 is 0. The summed E-state index contributed by atoms with van der Waals surface area (Å²) in [6.07, 6.45) is 5.17. The summed E-state index contributed by atoms with van der Waals surface area (Å²) in [4.78, 5) is 2.55. The Hall–Kier alpha value is -0.120. The summed E-state index contributed by atoms with van der Waals surface area (Å²) in [7, 11) is 4.08. The van der Waals surface area contributed by atoms with E-state index < -0.39 is 0 Å². The first kappa shape index (κ1) is 18.9. The molecule has 1 saturated carbocycles. The van der Waals surface area contributed by atoms with Gasteiger partial charge in [0.15, 0.2) is 0 Å². The van der Waals surface area contributed by atoms with Crippen molar-refractivity contribution in [2.45, 2.75) is 78.4 Å². The van der Waals surface area contributed by atoms with Crippen LogP contribution in [0.15, 0.2) is 0 Å². The number of nitrogens with one attached hydrogen (secondary N) is 1. The highest BCUT2D eigenvalue weighted by molar-refractivity contribution is 4.94. The Morgan fingerprint density at radius 3 is 2.48 bits per heavy atom. The van der Waals surface area contributed by atoms with Crippen LogP contribution in [0.3, 0.4) is 0 Å². The Kier molecular flexibility index (Phi) is 7.66. The van der Waals surface area contributed by atoms with E-state index in [2.05, 4.69) is 51.9 Å². The first-order valence-corrected chi connectivity index (χ1v) is 8.75. The smallest absolute Gasteiger partial charge is 0.0615 e. The van der Waals surface area contributed by atoms with Crippen molar-refractivity contribution in [2.24, 2.45) is 11.3 Å². The molecule has 0 aromatic carbocycles. The van der Waals surface area contributed by atoms with Gasteiger partial charge in [-0.15, -0.1) is 0 Å². The Labute approximate surface area is 132 Å². The molecule has 4 atom stereocenters. The topological polar surface area (TPSA) is 24.5 Å². The number of rotatable bonds is 7. The van der Waals surface area contributed by atoms with E-state index in [9.17, 15) is 0 Å². The SMILES string of the molecule is CCCNC1CCC(C(C)(C)C)CC1N(C)C(C)COC. The van der Waals surface area contributed by atoms with Crippen LogP contribution in [0.1, 0.15) is 60.3 Å². The average Bonchev–Trinajstić information content (AvgIpc) is 2.43. The Balaban J connectivity index is 2.77. The van der Waals surface area contributed by atoms with Gasteiger partial charge in [0.25, 0.3) is 0 Å². The summed E-state index contributed by atoms with van der Waals surface area (Å²) in [6, 6.07) is 1.73. The van der Waals surface area contributed by atoms with E-state index in [1.54, 1.807) is 7.11 Å². The number of nitrogens with zero attached hydrogens (tertiary/aromatic N) is 1. The maximum absolute atomic E-state index is 5.36. The van der Waals surface area contributed by atoms with Crippen LogP contribution >= 0.6 is 0 Å². The van der Waals surface area contributed by atoms with E-state index in [1.807, 2.05) is 0 Å². The van der Waals surface area contributed by atoms with E-state index in [-0.39, 0.29) is 0 Å². The third-order valence-electron chi connectivity index (χ3n) is 5.32. The van der Waals surface area contributed by atoms with Crippen LogP contribution in [-0.2, 0) is 4.74 Å². The second-order valence-electron chi connectivity index (χ2n) is 7.97. The van der Waals surface area contributed by atoms with E-state index in [4.69, 9.17) is 4.74 Å². The first-order chi connectivity index (χ1) is 9.81. The molecule has 126 valence electrons. The third kappa shape index (κ3) is 5.54. The Bertz CT molecular complexity index is 285. The highest BCUT2D eigenvalue weighted by Gasteiger charge is 2.38. The molecular weight excluding hydrogens is 260 g/mol. The molecule has 0 aromatic heterocycles. The van der Waals surface area contributed by atoms with Gasteiger partial charge in [-0.3, -0.25) is 4.90 Å². The van der Waals surface area contributed by atoms with E-state index in [0.717, 1.165) is 19.1 Å². The van der Waals surface area contributed by atoms with Gasteiger partial charge < -0.3 is 10.1 Å². The fourth-order valence-electron chi connectivity index (χ4n) is 3.64. The number of likely N-dealkylation sites (N-methyl/N-ethyl adjacent to an activating group) is 1. The minimum atomic E-state index is 0.416. The Morgan fingerprint density at radius 1 is 1.29 bits per heavy atom. The zero-order chi connectivity index (χ0) is 16.0. The molecule has 0 radical (unpaired) electrons. The quantitative estimate of drug-likeness (QED) is 0.778. The normalized spacial score (nSPS) is 28.9. The van der Waals surface area contributed by atoms with E-state index >= 15 is 0 Å². The first-order valence-electron chi connectivity index (χ1n) is 8.75. The minimum Gasteiger partial charge on any atom is -0.383 e. The van der Waals surface area contributed by atoms with Crippen LogP contribution in [0, 0.1) is 11.3 Å². The van der Waals surface area contributed by atoms with Gasteiger partial charge in [-0.1, -0.05) is 27.7 Å². The van der Waals surface area contributed by atoms with Gasteiger partial charge >= 0.3 is 0 Å². The van der Waals surface area contributed by atoms with Gasteiger partial charge in [0.05, 0.1) is 6.61 Å². The molecule has 0 aromatic rings. The molecule has 4 unspecified atom stereocenters. The van der Waals surface area contributed by atoms with E-state index in [1.165, 1.54) is 25.7 Å². The lowest BCUT2D eigenvalue weighted by Gasteiger charge is -2.47. The molecule has 1 rings (SSSR count). The van der Waals surface area contributed by atoms with Crippen molar-refractivity contribution in [2.75, 3.05) is 27.3 Å². The molecule has 0 heterocycles. The predicted molar refractivity (Wildman–Crippen MR) is 91.8 cm³/mol. The van der Waals surface area contributed by atoms with Crippen molar-refractivity contribution in [3.8, 4) is 0 Å². The van der Waals surface area contributed by atoms with Crippen molar-refractivity contribution < 1.29 is 4.74 Å². The predicted octanol–water partition coefficient (Wildman–Crippen LogP) is 3.54. The summed E-state index contributed by atoms with van der Waals surface area (Å²) in [6.45, 7) is 13.7. The highest BCUT2D eigenvalue weighted by Crippen LogP contribution is 2.39. The van der Waals surface area contributed by atoms with Gasteiger partial charge in [-0.2, -0.15) is 0 Å². The molecule has 1 fully saturated rings. The lowest BCUT2D eigenvalue weighted by molar-refractivity contribution is 0.0284. The molecule has 3 nitrogen and oxygen atoms in total.